The van der Waals surface area contributed by atoms with Gasteiger partial charge in [-0.05, 0) is 24.3 Å². The SMILES string of the molecule is Cl.O=C(Nc1nc(-c2ccccn2)cs1)N1CCC2(CC1)CN(c1ccccc1)C(=O)O2. The molecule has 2 fully saturated rings. The molecule has 2 aliphatic rings. The van der Waals surface area contributed by atoms with E-state index in [0.717, 1.165) is 17.1 Å². The highest BCUT2D eigenvalue weighted by molar-refractivity contribution is 7.14. The number of halogens is 1. The molecule has 3 aromatic rings. The number of nitrogens with one attached hydrogen (secondary N) is 1. The van der Waals surface area contributed by atoms with Crippen LogP contribution in [0.3, 0.4) is 0 Å². The lowest BCUT2D eigenvalue weighted by Crippen LogP contribution is -2.49. The van der Waals surface area contributed by atoms with Crippen LogP contribution in [0, 0.1) is 0 Å². The summed E-state index contributed by atoms with van der Waals surface area (Å²) < 4.78 is 5.77. The number of ether oxygens (including phenoxy) is 1. The highest BCUT2D eigenvalue weighted by Gasteiger charge is 2.48. The molecule has 0 bridgehead atoms. The van der Waals surface area contributed by atoms with Crippen LogP contribution < -0.4 is 10.2 Å². The standard InChI is InChI=1S/C22H21N5O3S.ClH/c28-20(25-19-24-18(14-31-19)17-8-4-5-11-23-17)26-12-9-22(10-13-26)15-27(21(29)30-22)16-6-2-1-3-7-16;/h1-8,11,14H,9-10,12-13,15H2,(H,24,25,28);1H. The number of amides is 3. The first kappa shape index (κ1) is 22.0. The average molecular weight is 472 g/mol. The van der Waals surface area contributed by atoms with Gasteiger partial charge in [0.05, 0.1) is 12.2 Å². The fourth-order valence-electron chi connectivity index (χ4n) is 3.94. The summed E-state index contributed by atoms with van der Waals surface area (Å²) in [6, 6.07) is 15.0. The Balaban J connectivity index is 0.00000245. The quantitative estimate of drug-likeness (QED) is 0.600. The number of para-hydroxylation sites is 1. The van der Waals surface area contributed by atoms with Crippen LogP contribution in [0.25, 0.3) is 11.4 Å². The molecule has 8 nitrogen and oxygen atoms in total. The lowest BCUT2D eigenvalue weighted by Gasteiger charge is -2.37. The van der Waals surface area contributed by atoms with Gasteiger partial charge >= 0.3 is 12.1 Å². The smallest absolute Gasteiger partial charge is 0.415 e. The minimum absolute atomic E-state index is 0. The van der Waals surface area contributed by atoms with Gasteiger partial charge < -0.3 is 9.64 Å². The first-order chi connectivity index (χ1) is 15.1. The molecule has 4 heterocycles. The Hall–Kier alpha value is -3.17. The van der Waals surface area contributed by atoms with Crippen molar-refractivity contribution in [3.8, 4) is 11.4 Å². The predicted molar refractivity (Wildman–Crippen MR) is 125 cm³/mol. The number of piperidine rings is 1. The monoisotopic (exact) mass is 471 g/mol. The molecule has 0 aliphatic carbocycles. The minimum atomic E-state index is -0.545. The summed E-state index contributed by atoms with van der Waals surface area (Å²) in [4.78, 5) is 37.3. The van der Waals surface area contributed by atoms with E-state index < -0.39 is 5.60 Å². The minimum Gasteiger partial charge on any atom is -0.440 e. The Morgan fingerprint density at radius 3 is 2.53 bits per heavy atom. The number of thiazole rings is 1. The normalized spacial score (nSPS) is 17.1. The van der Waals surface area contributed by atoms with Gasteiger partial charge in [-0.3, -0.25) is 15.2 Å². The number of nitrogens with zero attached hydrogens (tertiary/aromatic N) is 4. The second-order valence-electron chi connectivity index (χ2n) is 7.64. The fraction of sp³-hybridized carbons (Fsp3) is 0.273. The van der Waals surface area contributed by atoms with Crippen LogP contribution in [0.15, 0.2) is 60.1 Å². The van der Waals surface area contributed by atoms with Gasteiger partial charge in [-0.2, -0.15) is 0 Å². The number of pyridine rings is 1. The first-order valence-corrected chi connectivity index (χ1v) is 11.0. The number of carbonyl (C=O) groups excluding carboxylic acids is 2. The average Bonchev–Trinajstić information content (AvgIpc) is 3.40. The van der Waals surface area contributed by atoms with Crippen LogP contribution >= 0.6 is 23.7 Å². The third-order valence-electron chi connectivity index (χ3n) is 5.65. The molecule has 1 spiro atoms. The van der Waals surface area contributed by atoms with E-state index in [9.17, 15) is 9.59 Å². The Morgan fingerprint density at radius 2 is 1.81 bits per heavy atom. The summed E-state index contributed by atoms with van der Waals surface area (Å²) in [6.45, 7) is 1.53. The van der Waals surface area contributed by atoms with E-state index >= 15 is 0 Å². The number of likely N-dealkylation sites (tertiary alicyclic amines) is 1. The molecule has 0 atom stereocenters. The van der Waals surface area contributed by atoms with Gasteiger partial charge in [0.15, 0.2) is 5.13 Å². The maximum absolute atomic E-state index is 12.7. The number of aromatic nitrogens is 2. The van der Waals surface area contributed by atoms with E-state index in [1.54, 1.807) is 16.0 Å². The molecule has 0 radical (unpaired) electrons. The Bertz CT molecular complexity index is 1090. The van der Waals surface area contributed by atoms with Crippen molar-refractivity contribution in [1.82, 2.24) is 14.9 Å². The third kappa shape index (κ3) is 4.39. The molecule has 2 aromatic heterocycles. The molecule has 5 rings (SSSR count). The van der Waals surface area contributed by atoms with Crippen molar-refractivity contribution >= 4 is 46.7 Å². The molecule has 1 N–H and O–H groups in total. The summed E-state index contributed by atoms with van der Waals surface area (Å²) in [5, 5.41) is 5.28. The Labute approximate surface area is 195 Å². The lowest BCUT2D eigenvalue weighted by molar-refractivity contribution is 0.0110. The van der Waals surface area contributed by atoms with Crippen molar-refractivity contribution in [3.63, 3.8) is 0 Å². The van der Waals surface area contributed by atoms with Gasteiger partial charge in [-0.1, -0.05) is 24.3 Å². The second-order valence-corrected chi connectivity index (χ2v) is 8.50. The summed E-state index contributed by atoms with van der Waals surface area (Å²) in [7, 11) is 0. The van der Waals surface area contributed by atoms with E-state index in [4.69, 9.17) is 4.74 Å². The van der Waals surface area contributed by atoms with Gasteiger partial charge in [0.1, 0.15) is 11.3 Å². The van der Waals surface area contributed by atoms with Crippen LogP contribution in [0.4, 0.5) is 20.4 Å². The van der Waals surface area contributed by atoms with Crippen molar-refractivity contribution in [1.29, 1.82) is 0 Å². The van der Waals surface area contributed by atoms with Gasteiger partial charge in [0.2, 0.25) is 0 Å². The number of anilines is 2. The summed E-state index contributed by atoms with van der Waals surface area (Å²) in [5.41, 5.74) is 1.79. The van der Waals surface area contributed by atoms with Crippen LogP contribution in [0.2, 0.25) is 0 Å². The number of benzene rings is 1. The zero-order chi connectivity index (χ0) is 21.3. The summed E-state index contributed by atoms with van der Waals surface area (Å²) in [5.74, 6) is 0. The maximum Gasteiger partial charge on any atom is 0.415 e. The number of hydrogen-bond donors (Lipinski definition) is 1. The molecule has 0 saturated carbocycles. The molecule has 1 aromatic carbocycles. The summed E-state index contributed by atoms with van der Waals surface area (Å²) >= 11 is 1.37. The Morgan fingerprint density at radius 1 is 1.06 bits per heavy atom. The van der Waals surface area contributed by atoms with Gasteiger partial charge in [0, 0.05) is 43.2 Å². The van der Waals surface area contributed by atoms with Gasteiger partial charge in [-0.15, -0.1) is 23.7 Å². The van der Waals surface area contributed by atoms with Gasteiger partial charge in [-0.25, -0.2) is 14.6 Å². The predicted octanol–water partition coefficient (Wildman–Crippen LogP) is 4.65. The highest BCUT2D eigenvalue weighted by Crippen LogP contribution is 2.36. The van der Waals surface area contributed by atoms with E-state index in [1.165, 1.54) is 11.3 Å². The molecule has 2 aliphatic heterocycles. The second kappa shape index (κ2) is 9.13. The van der Waals surface area contributed by atoms with E-state index in [1.807, 2.05) is 53.9 Å². The van der Waals surface area contributed by atoms with Gasteiger partial charge in [0.25, 0.3) is 0 Å². The number of urea groups is 1. The molecule has 10 heteroatoms. The molecule has 166 valence electrons. The van der Waals surface area contributed by atoms with Crippen molar-refractivity contribution in [2.24, 2.45) is 0 Å². The largest absolute Gasteiger partial charge is 0.440 e. The summed E-state index contributed by atoms with van der Waals surface area (Å²) in [6.07, 6.45) is 2.60. The topological polar surface area (TPSA) is 87.7 Å². The molecular weight excluding hydrogens is 450 g/mol. The van der Waals surface area contributed by atoms with Crippen molar-refractivity contribution in [3.05, 3.63) is 60.1 Å². The molecule has 0 unspecified atom stereocenters. The van der Waals surface area contributed by atoms with E-state index in [0.29, 0.717) is 37.6 Å². The number of hydrogen-bond acceptors (Lipinski definition) is 6. The van der Waals surface area contributed by atoms with Crippen LogP contribution in [-0.4, -0.2) is 52.2 Å². The van der Waals surface area contributed by atoms with Crippen LogP contribution in [0.1, 0.15) is 12.8 Å². The number of rotatable bonds is 3. The molecular formula is C22H22ClN5O3S. The molecule has 3 amide bonds. The van der Waals surface area contributed by atoms with Crippen molar-refractivity contribution in [2.45, 2.75) is 18.4 Å². The van der Waals surface area contributed by atoms with E-state index in [2.05, 4.69) is 15.3 Å². The highest BCUT2D eigenvalue weighted by atomic mass is 35.5. The van der Waals surface area contributed by atoms with Crippen LogP contribution in [-0.2, 0) is 4.74 Å². The zero-order valence-corrected chi connectivity index (χ0v) is 18.8. The molecule has 32 heavy (non-hydrogen) atoms. The molecule has 2 saturated heterocycles. The van der Waals surface area contributed by atoms with Crippen molar-refractivity contribution in [2.75, 3.05) is 29.9 Å². The first-order valence-electron chi connectivity index (χ1n) is 10.1. The fourth-order valence-corrected chi connectivity index (χ4v) is 4.64. The Kier molecular flexibility index (Phi) is 6.29. The van der Waals surface area contributed by atoms with Crippen molar-refractivity contribution < 1.29 is 14.3 Å². The van der Waals surface area contributed by atoms with Crippen LogP contribution in [0.5, 0.6) is 0 Å². The lowest BCUT2D eigenvalue weighted by atomic mass is 9.91. The van der Waals surface area contributed by atoms with E-state index in [-0.39, 0.29) is 24.5 Å². The zero-order valence-electron chi connectivity index (χ0n) is 17.1. The third-order valence-corrected chi connectivity index (χ3v) is 6.40. The number of carbonyl (C=O) groups is 2. The maximum atomic E-state index is 12.7.